The van der Waals surface area contributed by atoms with Crippen LogP contribution in [0.4, 0.5) is 10.8 Å². The van der Waals surface area contributed by atoms with Gasteiger partial charge in [-0.2, -0.15) is 0 Å². The molecule has 0 fully saturated rings. The van der Waals surface area contributed by atoms with Crippen LogP contribution in [0.1, 0.15) is 23.5 Å². The van der Waals surface area contributed by atoms with Gasteiger partial charge in [-0.1, -0.05) is 48.0 Å². The number of para-hydroxylation sites is 1. The highest BCUT2D eigenvalue weighted by Crippen LogP contribution is 2.33. The molecule has 1 unspecified atom stereocenters. The first-order valence-electron chi connectivity index (χ1n) is 8.32. The Balaban J connectivity index is 1.54. The number of amides is 2. The molecule has 26 heavy (non-hydrogen) atoms. The van der Waals surface area contributed by atoms with E-state index in [1.54, 1.807) is 0 Å². The summed E-state index contributed by atoms with van der Waals surface area (Å²) in [6.07, 6.45) is 0.138. The number of carbonyl (C=O) groups excluding carboxylic acids is 2. The number of anilines is 2. The number of thiazole rings is 1. The molecule has 1 aliphatic heterocycles. The van der Waals surface area contributed by atoms with Gasteiger partial charge < -0.3 is 10.6 Å². The van der Waals surface area contributed by atoms with E-state index >= 15 is 0 Å². The average molecular weight is 363 g/mol. The predicted molar refractivity (Wildman–Crippen MR) is 103 cm³/mol. The lowest BCUT2D eigenvalue weighted by Gasteiger charge is -2.24. The number of carbonyl (C=O) groups is 2. The molecule has 0 radical (unpaired) electrons. The first-order valence-corrected chi connectivity index (χ1v) is 9.20. The third kappa shape index (κ3) is 3.23. The Morgan fingerprint density at radius 1 is 1.19 bits per heavy atom. The van der Waals surface area contributed by atoms with Gasteiger partial charge in [-0.25, -0.2) is 4.98 Å². The molecule has 3 aromatic rings. The molecule has 2 N–H and O–H groups in total. The smallest absolute Gasteiger partial charge is 0.234 e. The summed E-state index contributed by atoms with van der Waals surface area (Å²) in [5.74, 6) is -0.868. The highest BCUT2D eigenvalue weighted by Gasteiger charge is 2.30. The third-order valence-electron chi connectivity index (χ3n) is 4.40. The number of hydrogen-bond acceptors (Lipinski definition) is 4. The highest BCUT2D eigenvalue weighted by atomic mass is 32.1. The molecule has 2 aromatic carbocycles. The summed E-state index contributed by atoms with van der Waals surface area (Å²) in [6.45, 7) is 2.04. The summed E-state index contributed by atoms with van der Waals surface area (Å²) < 4.78 is 0. The summed E-state index contributed by atoms with van der Waals surface area (Å²) in [5, 5.41) is 8.12. The molecule has 0 bridgehead atoms. The lowest BCUT2D eigenvalue weighted by atomic mass is 9.90. The van der Waals surface area contributed by atoms with E-state index in [2.05, 4.69) is 15.6 Å². The van der Waals surface area contributed by atoms with E-state index in [1.165, 1.54) is 16.9 Å². The maximum Gasteiger partial charge on any atom is 0.234 e. The van der Waals surface area contributed by atoms with E-state index < -0.39 is 5.92 Å². The zero-order valence-corrected chi connectivity index (χ0v) is 15.0. The molecule has 1 aliphatic rings. The van der Waals surface area contributed by atoms with Crippen LogP contribution >= 0.6 is 11.3 Å². The van der Waals surface area contributed by atoms with Crippen molar-refractivity contribution < 1.29 is 9.59 Å². The van der Waals surface area contributed by atoms with Crippen molar-refractivity contribution in [1.82, 2.24) is 4.98 Å². The second-order valence-electron chi connectivity index (χ2n) is 6.29. The number of rotatable bonds is 3. The van der Waals surface area contributed by atoms with Crippen molar-refractivity contribution in [2.24, 2.45) is 0 Å². The minimum atomic E-state index is -0.508. The quantitative estimate of drug-likeness (QED) is 0.733. The maximum atomic E-state index is 12.7. The molecular formula is C20H17N3O2S. The fraction of sp³-hybridized carbons (Fsp3) is 0.150. The fourth-order valence-electron chi connectivity index (χ4n) is 3.03. The molecule has 130 valence electrons. The number of aromatic nitrogens is 1. The zero-order valence-electron chi connectivity index (χ0n) is 14.2. The molecule has 2 heterocycles. The van der Waals surface area contributed by atoms with Crippen molar-refractivity contribution >= 4 is 34.0 Å². The van der Waals surface area contributed by atoms with Gasteiger partial charge in [-0.15, -0.1) is 11.3 Å². The number of fused-ring (bicyclic) bond motifs is 1. The van der Waals surface area contributed by atoms with E-state index in [9.17, 15) is 9.59 Å². The Kier molecular flexibility index (Phi) is 4.26. The summed E-state index contributed by atoms with van der Waals surface area (Å²) in [4.78, 5) is 29.2. The molecule has 1 aromatic heterocycles. The second kappa shape index (κ2) is 6.72. The van der Waals surface area contributed by atoms with Crippen molar-refractivity contribution in [1.29, 1.82) is 0 Å². The van der Waals surface area contributed by atoms with Gasteiger partial charge in [0.1, 0.15) is 0 Å². The van der Waals surface area contributed by atoms with Gasteiger partial charge in [-0.05, 0) is 18.6 Å². The number of nitrogens with zero attached hydrogens (tertiary/aromatic N) is 1. The van der Waals surface area contributed by atoms with Crippen LogP contribution in [0, 0.1) is 6.92 Å². The minimum absolute atomic E-state index is 0.138. The number of hydrogen-bond donors (Lipinski definition) is 2. The van der Waals surface area contributed by atoms with Gasteiger partial charge in [0.2, 0.25) is 11.8 Å². The molecule has 0 saturated carbocycles. The van der Waals surface area contributed by atoms with E-state index in [0.29, 0.717) is 10.8 Å². The maximum absolute atomic E-state index is 12.7. The third-order valence-corrected chi connectivity index (χ3v) is 5.16. The van der Waals surface area contributed by atoms with E-state index in [4.69, 9.17) is 0 Å². The molecule has 6 heteroatoms. The highest BCUT2D eigenvalue weighted by molar-refractivity contribution is 7.14. The molecule has 4 rings (SSSR count). The Morgan fingerprint density at radius 3 is 2.77 bits per heavy atom. The molecule has 0 saturated heterocycles. The van der Waals surface area contributed by atoms with Crippen LogP contribution in [-0.2, 0) is 9.59 Å². The zero-order chi connectivity index (χ0) is 18.1. The normalized spacial score (nSPS) is 15.9. The van der Waals surface area contributed by atoms with Crippen molar-refractivity contribution in [3.63, 3.8) is 0 Å². The minimum Gasteiger partial charge on any atom is -0.326 e. The van der Waals surface area contributed by atoms with Gasteiger partial charge in [0, 0.05) is 23.1 Å². The molecule has 5 nitrogen and oxygen atoms in total. The first kappa shape index (κ1) is 16.5. The average Bonchev–Trinajstić information content (AvgIpc) is 3.10. The molecular weight excluding hydrogens is 346 g/mol. The summed E-state index contributed by atoms with van der Waals surface area (Å²) in [7, 11) is 0. The van der Waals surface area contributed by atoms with Crippen LogP contribution in [0.2, 0.25) is 0 Å². The first-order chi connectivity index (χ1) is 12.6. The number of benzene rings is 2. The van der Waals surface area contributed by atoms with E-state index in [1.807, 2.05) is 60.8 Å². The van der Waals surface area contributed by atoms with Crippen molar-refractivity contribution in [3.05, 3.63) is 65.0 Å². The van der Waals surface area contributed by atoms with Gasteiger partial charge >= 0.3 is 0 Å². The number of nitrogens with one attached hydrogen (secondary N) is 2. The number of aryl methyl sites for hydroxylation is 1. The Morgan fingerprint density at radius 2 is 1.96 bits per heavy atom. The Bertz CT molecular complexity index is 979. The Hall–Kier alpha value is -2.99. The Labute approximate surface area is 155 Å². The predicted octanol–water partition coefficient (Wildman–Crippen LogP) is 4.18. The van der Waals surface area contributed by atoms with Crippen LogP contribution in [0.5, 0.6) is 0 Å². The van der Waals surface area contributed by atoms with Crippen LogP contribution < -0.4 is 10.6 Å². The second-order valence-corrected chi connectivity index (χ2v) is 7.14. The van der Waals surface area contributed by atoms with Crippen molar-refractivity contribution in [3.8, 4) is 11.3 Å². The van der Waals surface area contributed by atoms with Crippen LogP contribution in [0.25, 0.3) is 11.3 Å². The largest absolute Gasteiger partial charge is 0.326 e. The van der Waals surface area contributed by atoms with Crippen LogP contribution in [0.3, 0.4) is 0 Å². The summed E-state index contributed by atoms with van der Waals surface area (Å²) in [5.41, 5.74) is 4.55. The van der Waals surface area contributed by atoms with Gasteiger partial charge in [0.05, 0.1) is 11.6 Å². The van der Waals surface area contributed by atoms with E-state index in [0.717, 1.165) is 16.8 Å². The fourth-order valence-corrected chi connectivity index (χ4v) is 3.75. The van der Waals surface area contributed by atoms with Crippen molar-refractivity contribution in [2.45, 2.75) is 19.3 Å². The lowest BCUT2D eigenvalue weighted by Crippen LogP contribution is -2.30. The molecule has 2 amide bonds. The van der Waals surface area contributed by atoms with Crippen molar-refractivity contribution in [2.75, 3.05) is 10.6 Å². The van der Waals surface area contributed by atoms with Gasteiger partial charge in [-0.3, -0.25) is 9.59 Å². The lowest BCUT2D eigenvalue weighted by molar-refractivity contribution is -0.123. The summed E-state index contributed by atoms with van der Waals surface area (Å²) >= 11 is 1.38. The molecule has 0 spiro atoms. The van der Waals surface area contributed by atoms with Gasteiger partial charge in [0.15, 0.2) is 5.13 Å². The van der Waals surface area contributed by atoms with Crippen LogP contribution in [-0.4, -0.2) is 16.8 Å². The standard InChI is InChI=1S/C20H17N3O2S/c1-12-6-8-13(9-7-12)17-11-26-20(22-17)23-19(25)15-10-18(24)21-16-5-3-2-4-14(15)16/h2-9,11,15H,10H2,1H3,(H,21,24)(H,22,23,25). The SMILES string of the molecule is Cc1ccc(-c2csc(NC(=O)C3CC(=O)Nc4ccccc43)n2)cc1. The molecule has 0 aliphatic carbocycles. The van der Waals surface area contributed by atoms with Gasteiger partial charge in [0.25, 0.3) is 0 Å². The monoisotopic (exact) mass is 363 g/mol. The summed E-state index contributed by atoms with van der Waals surface area (Å²) in [6, 6.07) is 15.5. The van der Waals surface area contributed by atoms with Crippen LogP contribution in [0.15, 0.2) is 53.9 Å². The molecule has 1 atom stereocenters. The topological polar surface area (TPSA) is 71.1 Å². The van der Waals surface area contributed by atoms with E-state index in [-0.39, 0.29) is 18.2 Å².